The van der Waals surface area contributed by atoms with E-state index in [9.17, 15) is 14.3 Å². The predicted octanol–water partition coefficient (Wildman–Crippen LogP) is 4.36. The first kappa shape index (κ1) is 16.7. The fourth-order valence-corrected chi connectivity index (χ4v) is 3.78. The lowest BCUT2D eigenvalue weighted by Gasteiger charge is -2.21. The Balaban J connectivity index is 1.80. The summed E-state index contributed by atoms with van der Waals surface area (Å²) in [6.45, 7) is 0. The monoisotopic (exact) mass is 353 g/mol. The molecule has 2 heterocycles. The zero-order chi connectivity index (χ0) is 18.1. The summed E-state index contributed by atoms with van der Waals surface area (Å²) in [6.07, 6.45) is 6.75. The van der Waals surface area contributed by atoms with Crippen molar-refractivity contribution in [3.8, 4) is 11.3 Å². The first-order valence-corrected chi connectivity index (χ1v) is 9.00. The average Bonchev–Trinajstić information content (AvgIpc) is 3.07. The van der Waals surface area contributed by atoms with Crippen molar-refractivity contribution < 1.29 is 14.3 Å². The van der Waals surface area contributed by atoms with Gasteiger partial charge in [0.05, 0.1) is 5.69 Å². The van der Waals surface area contributed by atoms with E-state index in [-0.39, 0.29) is 11.5 Å². The largest absolute Gasteiger partial charge is 0.477 e. The van der Waals surface area contributed by atoms with E-state index in [1.54, 1.807) is 34.8 Å². The Bertz CT molecular complexity index is 961. The van der Waals surface area contributed by atoms with Crippen molar-refractivity contribution in [1.29, 1.82) is 0 Å². The van der Waals surface area contributed by atoms with Crippen molar-refractivity contribution in [3.05, 3.63) is 53.6 Å². The van der Waals surface area contributed by atoms with Crippen LogP contribution in [0, 0.1) is 11.7 Å². The number of fused-ring (bicyclic) bond motifs is 1. The number of aromatic carboxylic acids is 1. The molecule has 3 aromatic rings. The van der Waals surface area contributed by atoms with Crippen LogP contribution in [0.2, 0.25) is 0 Å². The second kappa shape index (κ2) is 6.86. The minimum Gasteiger partial charge on any atom is -0.477 e. The van der Waals surface area contributed by atoms with Crippen LogP contribution in [0.5, 0.6) is 0 Å². The highest BCUT2D eigenvalue weighted by atomic mass is 19.1. The molecule has 6 heteroatoms. The highest BCUT2D eigenvalue weighted by Gasteiger charge is 2.20. The fraction of sp³-hybridized carbons (Fsp3) is 0.350. The van der Waals surface area contributed by atoms with Crippen LogP contribution >= 0.6 is 0 Å². The van der Waals surface area contributed by atoms with Gasteiger partial charge in [-0.3, -0.25) is 0 Å². The predicted molar refractivity (Wildman–Crippen MR) is 95.6 cm³/mol. The van der Waals surface area contributed by atoms with Gasteiger partial charge in [0.2, 0.25) is 0 Å². The van der Waals surface area contributed by atoms with Gasteiger partial charge in [-0.15, -0.1) is 0 Å². The van der Waals surface area contributed by atoms with E-state index in [1.165, 1.54) is 25.3 Å². The van der Waals surface area contributed by atoms with Gasteiger partial charge >= 0.3 is 5.97 Å². The Hall–Kier alpha value is -2.76. The Labute approximate surface area is 150 Å². The highest BCUT2D eigenvalue weighted by Crippen LogP contribution is 2.28. The first-order valence-electron chi connectivity index (χ1n) is 9.00. The van der Waals surface area contributed by atoms with E-state index < -0.39 is 5.97 Å². The summed E-state index contributed by atoms with van der Waals surface area (Å²) in [5.74, 6) is -0.897. The number of halogens is 1. The molecular weight excluding hydrogens is 333 g/mol. The average molecular weight is 353 g/mol. The first-order chi connectivity index (χ1) is 12.6. The number of carboxylic acids is 1. The third kappa shape index (κ3) is 3.19. The lowest BCUT2D eigenvalue weighted by Crippen LogP contribution is -2.14. The number of benzene rings is 1. The number of carboxylic acid groups (broad SMARTS) is 1. The molecule has 4 rings (SSSR count). The molecule has 0 saturated heterocycles. The molecule has 5 nitrogen and oxygen atoms in total. The molecule has 1 aromatic carbocycles. The summed E-state index contributed by atoms with van der Waals surface area (Å²) in [6, 6.07) is 9.68. The van der Waals surface area contributed by atoms with Crippen LogP contribution in [-0.4, -0.2) is 25.7 Å². The molecular formula is C20H20FN3O2. The van der Waals surface area contributed by atoms with Gasteiger partial charge in [-0.25, -0.2) is 18.7 Å². The van der Waals surface area contributed by atoms with Crippen molar-refractivity contribution in [3.63, 3.8) is 0 Å². The summed E-state index contributed by atoms with van der Waals surface area (Å²) < 4.78 is 15.8. The van der Waals surface area contributed by atoms with E-state index in [4.69, 9.17) is 0 Å². The number of hydrogen-bond donors (Lipinski definition) is 1. The zero-order valence-electron chi connectivity index (χ0n) is 14.4. The van der Waals surface area contributed by atoms with Crippen molar-refractivity contribution in [1.82, 2.24) is 14.6 Å². The zero-order valence-corrected chi connectivity index (χ0v) is 14.4. The van der Waals surface area contributed by atoms with Gasteiger partial charge in [0.1, 0.15) is 5.82 Å². The number of carbonyl (C=O) groups is 1. The quantitative estimate of drug-likeness (QED) is 0.757. The molecule has 0 amide bonds. The molecule has 1 N–H and O–H groups in total. The molecule has 134 valence electrons. The van der Waals surface area contributed by atoms with E-state index in [1.807, 2.05) is 0 Å². The molecule has 0 atom stereocenters. The second-order valence-electron chi connectivity index (χ2n) is 6.93. The van der Waals surface area contributed by atoms with E-state index in [0.717, 1.165) is 25.0 Å². The van der Waals surface area contributed by atoms with E-state index >= 15 is 0 Å². The van der Waals surface area contributed by atoms with Gasteiger partial charge < -0.3 is 5.11 Å². The van der Waals surface area contributed by atoms with Gasteiger partial charge in [-0.1, -0.05) is 44.2 Å². The second-order valence-corrected chi connectivity index (χ2v) is 6.93. The molecule has 1 aliphatic rings. The van der Waals surface area contributed by atoms with E-state index in [0.29, 0.717) is 22.8 Å². The summed E-state index contributed by atoms with van der Waals surface area (Å²) in [7, 11) is 0. The van der Waals surface area contributed by atoms with Crippen LogP contribution in [-0.2, 0) is 6.42 Å². The van der Waals surface area contributed by atoms with Gasteiger partial charge in [0.25, 0.3) is 0 Å². The van der Waals surface area contributed by atoms with Crippen molar-refractivity contribution in [2.45, 2.75) is 38.5 Å². The number of nitrogens with zero attached hydrogens (tertiary/aromatic N) is 3. The van der Waals surface area contributed by atoms with Crippen LogP contribution in [0.15, 0.2) is 36.4 Å². The minimum absolute atomic E-state index is 0.00305. The van der Waals surface area contributed by atoms with Crippen molar-refractivity contribution in [2.24, 2.45) is 5.92 Å². The van der Waals surface area contributed by atoms with Crippen LogP contribution < -0.4 is 0 Å². The van der Waals surface area contributed by atoms with Crippen LogP contribution in [0.1, 0.15) is 48.3 Å². The lowest BCUT2D eigenvalue weighted by molar-refractivity contribution is 0.0690. The smallest absolute Gasteiger partial charge is 0.354 e. The van der Waals surface area contributed by atoms with Gasteiger partial charge in [-0.2, -0.15) is 5.10 Å². The molecule has 0 aliphatic heterocycles. The third-order valence-corrected chi connectivity index (χ3v) is 5.09. The van der Waals surface area contributed by atoms with Crippen molar-refractivity contribution >= 4 is 11.6 Å². The molecule has 0 bridgehead atoms. The molecule has 0 radical (unpaired) electrons. The van der Waals surface area contributed by atoms with Gasteiger partial charge in [-0.05, 0) is 30.5 Å². The highest BCUT2D eigenvalue weighted by molar-refractivity contribution is 5.86. The fourth-order valence-electron chi connectivity index (χ4n) is 3.78. The van der Waals surface area contributed by atoms with Crippen LogP contribution in [0.25, 0.3) is 16.9 Å². The molecule has 2 aromatic heterocycles. The Kier molecular flexibility index (Phi) is 4.41. The minimum atomic E-state index is -1.06. The molecule has 0 unspecified atom stereocenters. The molecule has 0 spiro atoms. The van der Waals surface area contributed by atoms with Crippen LogP contribution in [0.3, 0.4) is 0 Å². The topological polar surface area (TPSA) is 67.5 Å². The van der Waals surface area contributed by atoms with Crippen LogP contribution in [0.4, 0.5) is 4.39 Å². The Morgan fingerprint density at radius 3 is 2.69 bits per heavy atom. The number of hydrogen-bond acceptors (Lipinski definition) is 3. The summed E-state index contributed by atoms with van der Waals surface area (Å²) in [5.41, 5.74) is 2.11. The maximum absolute atomic E-state index is 14.1. The normalized spacial score (nSPS) is 15.4. The lowest BCUT2D eigenvalue weighted by atomic mass is 9.86. The van der Waals surface area contributed by atoms with Gasteiger partial charge in [0.15, 0.2) is 11.3 Å². The Morgan fingerprint density at radius 1 is 1.19 bits per heavy atom. The Morgan fingerprint density at radius 2 is 1.96 bits per heavy atom. The maximum Gasteiger partial charge on any atom is 0.354 e. The molecule has 1 saturated carbocycles. The van der Waals surface area contributed by atoms with E-state index in [2.05, 4.69) is 10.1 Å². The summed E-state index contributed by atoms with van der Waals surface area (Å²) in [5, 5.41) is 13.9. The third-order valence-electron chi connectivity index (χ3n) is 5.09. The molecule has 26 heavy (non-hydrogen) atoms. The standard InChI is InChI=1S/C20H20FN3O2/c21-16-9-5-4-8-15(16)17-12-19-22-18(20(25)26)11-14(24(19)23-17)10-13-6-2-1-3-7-13/h4-5,8-9,11-13H,1-3,6-7,10H2,(H,25,26). The maximum atomic E-state index is 14.1. The summed E-state index contributed by atoms with van der Waals surface area (Å²) >= 11 is 0. The number of aromatic nitrogens is 3. The SMILES string of the molecule is O=C(O)c1cc(CC2CCCCC2)n2nc(-c3ccccc3F)cc2n1. The summed E-state index contributed by atoms with van der Waals surface area (Å²) in [4.78, 5) is 15.7. The molecule has 1 aliphatic carbocycles. The molecule has 1 fully saturated rings. The number of rotatable bonds is 4. The van der Waals surface area contributed by atoms with Crippen molar-refractivity contribution in [2.75, 3.05) is 0 Å². The van der Waals surface area contributed by atoms with Gasteiger partial charge in [0, 0.05) is 17.3 Å².